The molecule has 2 aromatic rings. The van der Waals surface area contributed by atoms with Crippen LogP contribution in [0.15, 0.2) is 30.5 Å². The highest BCUT2D eigenvalue weighted by Crippen LogP contribution is 2.29. The van der Waals surface area contributed by atoms with Gasteiger partial charge in [-0.1, -0.05) is 0 Å². The molecule has 0 radical (unpaired) electrons. The molecule has 0 aliphatic rings. The van der Waals surface area contributed by atoms with Crippen LogP contribution in [0.2, 0.25) is 0 Å². The minimum absolute atomic E-state index is 0.235. The number of nitrogens with zero attached hydrogens (tertiary/aromatic N) is 2. The molecule has 2 rings (SSSR count). The van der Waals surface area contributed by atoms with Crippen molar-refractivity contribution < 1.29 is 4.74 Å². The van der Waals surface area contributed by atoms with E-state index in [2.05, 4.69) is 23.3 Å². The summed E-state index contributed by atoms with van der Waals surface area (Å²) >= 11 is 0. The molecule has 0 aliphatic heterocycles. The molecule has 0 saturated heterocycles. The third-order valence-electron chi connectivity index (χ3n) is 3.49. The van der Waals surface area contributed by atoms with Crippen molar-refractivity contribution in [2.45, 2.75) is 26.8 Å². The maximum Gasteiger partial charge on any atom is 0.219 e. The third kappa shape index (κ3) is 3.39. The predicted molar refractivity (Wildman–Crippen MR) is 82.4 cm³/mol. The maximum absolute atomic E-state index is 8.98. The van der Waals surface area contributed by atoms with Gasteiger partial charge in [-0.3, -0.25) is 0 Å². The minimum Gasteiger partial charge on any atom is -0.438 e. The second-order valence-electron chi connectivity index (χ2n) is 5.09. The lowest BCUT2D eigenvalue weighted by molar-refractivity contribution is 0.454. The van der Waals surface area contributed by atoms with Gasteiger partial charge in [-0.15, -0.1) is 0 Å². The highest BCUT2D eigenvalue weighted by Gasteiger charge is 2.10. The molecule has 0 spiro atoms. The van der Waals surface area contributed by atoms with Crippen LogP contribution in [0.1, 0.15) is 35.2 Å². The Morgan fingerprint density at radius 2 is 1.90 bits per heavy atom. The van der Waals surface area contributed by atoms with Crippen molar-refractivity contribution in [3.63, 3.8) is 0 Å². The van der Waals surface area contributed by atoms with Crippen LogP contribution < -0.4 is 10.1 Å². The lowest BCUT2D eigenvalue weighted by atomic mass is 10.1. The quantitative estimate of drug-likeness (QED) is 0.929. The smallest absolute Gasteiger partial charge is 0.219 e. The Morgan fingerprint density at radius 3 is 2.48 bits per heavy atom. The fourth-order valence-corrected chi connectivity index (χ4v) is 2.20. The van der Waals surface area contributed by atoms with Crippen LogP contribution in [0.5, 0.6) is 11.6 Å². The van der Waals surface area contributed by atoms with Crippen LogP contribution in [0.25, 0.3) is 0 Å². The van der Waals surface area contributed by atoms with Crippen molar-refractivity contribution in [2.24, 2.45) is 0 Å². The van der Waals surface area contributed by atoms with Gasteiger partial charge < -0.3 is 10.1 Å². The first-order chi connectivity index (χ1) is 10.0. The Labute approximate surface area is 125 Å². The zero-order chi connectivity index (χ0) is 15.4. The summed E-state index contributed by atoms with van der Waals surface area (Å²) in [4.78, 5) is 4.26. The first-order valence-corrected chi connectivity index (χ1v) is 6.87. The van der Waals surface area contributed by atoms with Crippen LogP contribution in [0.3, 0.4) is 0 Å². The van der Waals surface area contributed by atoms with Crippen molar-refractivity contribution >= 4 is 0 Å². The minimum atomic E-state index is 0.235. The van der Waals surface area contributed by atoms with E-state index >= 15 is 0 Å². The van der Waals surface area contributed by atoms with Gasteiger partial charge in [0.15, 0.2) is 0 Å². The van der Waals surface area contributed by atoms with Gasteiger partial charge in [0.2, 0.25) is 5.88 Å². The first kappa shape index (κ1) is 15.0. The molecule has 1 aromatic carbocycles. The molecule has 1 aromatic heterocycles. The first-order valence-electron chi connectivity index (χ1n) is 6.87. The van der Waals surface area contributed by atoms with Gasteiger partial charge in [-0.25, -0.2) is 4.98 Å². The Kier molecular flexibility index (Phi) is 4.56. The molecule has 0 saturated carbocycles. The van der Waals surface area contributed by atoms with E-state index in [1.165, 1.54) is 0 Å². The van der Waals surface area contributed by atoms with Crippen LogP contribution in [0, 0.1) is 25.2 Å². The van der Waals surface area contributed by atoms with Crippen LogP contribution in [-0.2, 0) is 0 Å². The summed E-state index contributed by atoms with van der Waals surface area (Å²) in [5.74, 6) is 1.32. The molecular formula is C17H19N3O. The molecular weight excluding hydrogens is 262 g/mol. The SMILES string of the molecule is CNC(C)c1ccnc(Oc2c(C)cc(C#N)cc2C)c1. The summed E-state index contributed by atoms with van der Waals surface area (Å²) in [7, 11) is 1.92. The van der Waals surface area contributed by atoms with E-state index in [0.29, 0.717) is 11.4 Å². The summed E-state index contributed by atoms with van der Waals surface area (Å²) in [6, 6.07) is 9.92. The van der Waals surface area contributed by atoms with Gasteiger partial charge >= 0.3 is 0 Å². The average molecular weight is 281 g/mol. The van der Waals surface area contributed by atoms with Gasteiger partial charge in [0, 0.05) is 18.3 Å². The van der Waals surface area contributed by atoms with Gasteiger partial charge in [-0.2, -0.15) is 5.26 Å². The number of nitriles is 1. The number of benzene rings is 1. The van der Waals surface area contributed by atoms with Crippen molar-refractivity contribution in [3.8, 4) is 17.7 Å². The molecule has 1 unspecified atom stereocenters. The standard InChI is InChI=1S/C17H19N3O/c1-11-7-14(10-18)8-12(2)17(11)21-16-9-15(5-6-20-16)13(3)19-4/h5-9,13,19H,1-4H3. The number of aryl methyl sites for hydroxylation is 2. The number of hydrogen-bond acceptors (Lipinski definition) is 4. The summed E-state index contributed by atoms with van der Waals surface area (Å²) in [5, 5.41) is 12.2. The van der Waals surface area contributed by atoms with Gasteiger partial charge in [-0.05, 0) is 62.7 Å². The van der Waals surface area contributed by atoms with Gasteiger partial charge in [0.25, 0.3) is 0 Å². The molecule has 0 fully saturated rings. The van der Waals surface area contributed by atoms with Crippen molar-refractivity contribution in [2.75, 3.05) is 7.05 Å². The number of hydrogen-bond donors (Lipinski definition) is 1. The fraction of sp³-hybridized carbons (Fsp3) is 0.294. The van der Waals surface area contributed by atoms with Crippen molar-refractivity contribution in [1.82, 2.24) is 10.3 Å². The number of pyridine rings is 1. The van der Waals surface area contributed by atoms with E-state index in [-0.39, 0.29) is 6.04 Å². The van der Waals surface area contributed by atoms with E-state index < -0.39 is 0 Å². The van der Waals surface area contributed by atoms with Crippen LogP contribution in [0.4, 0.5) is 0 Å². The zero-order valence-electron chi connectivity index (χ0n) is 12.8. The van der Waals surface area contributed by atoms with E-state index in [0.717, 1.165) is 22.4 Å². The number of aromatic nitrogens is 1. The zero-order valence-corrected chi connectivity index (χ0v) is 12.8. The third-order valence-corrected chi connectivity index (χ3v) is 3.49. The van der Waals surface area contributed by atoms with E-state index in [1.54, 1.807) is 6.20 Å². The second-order valence-corrected chi connectivity index (χ2v) is 5.09. The van der Waals surface area contributed by atoms with Crippen molar-refractivity contribution in [3.05, 3.63) is 52.7 Å². The van der Waals surface area contributed by atoms with Gasteiger partial charge in [0.1, 0.15) is 5.75 Å². The van der Waals surface area contributed by atoms with Crippen molar-refractivity contribution in [1.29, 1.82) is 5.26 Å². The molecule has 0 aliphatic carbocycles. The summed E-state index contributed by atoms with van der Waals surface area (Å²) in [6.07, 6.45) is 1.74. The second kappa shape index (κ2) is 6.38. The largest absolute Gasteiger partial charge is 0.438 e. The number of ether oxygens (including phenoxy) is 1. The summed E-state index contributed by atoms with van der Waals surface area (Å²) in [6.45, 7) is 5.95. The average Bonchev–Trinajstić information content (AvgIpc) is 2.50. The van der Waals surface area contributed by atoms with Crippen LogP contribution >= 0.6 is 0 Å². The molecule has 1 heterocycles. The molecule has 4 nitrogen and oxygen atoms in total. The fourth-order valence-electron chi connectivity index (χ4n) is 2.20. The van der Waals surface area contributed by atoms with E-state index in [4.69, 9.17) is 10.00 Å². The van der Waals surface area contributed by atoms with Gasteiger partial charge in [0.05, 0.1) is 11.6 Å². The maximum atomic E-state index is 8.98. The highest BCUT2D eigenvalue weighted by molar-refractivity contribution is 5.48. The monoisotopic (exact) mass is 281 g/mol. The Balaban J connectivity index is 2.33. The molecule has 4 heteroatoms. The topological polar surface area (TPSA) is 57.9 Å². The molecule has 21 heavy (non-hydrogen) atoms. The normalized spacial score (nSPS) is 11.8. The number of nitrogens with one attached hydrogen (secondary N) is 1. The predicted octanol–water partition coefficient (Wildman–Crippen LogP) is 3.64. The lowest BCUT2D eigenvalue weighted by Crippen LogP contribution is -2.12. The van der Waals surface area contributed by atoms with E-state index in [9.17, 15) is 0 Å². The van der Waals surface area contributed by atoms with E-state index in [1.807, 2.05) is 45.2 Å². The summed E-state index contributed by atoms with van der Waals surface area (Å²) in [5.41, 5.74) is 3.62. The highest BCUT2D eigenvalue weighted by atomic mass is 16.5. The number of rotatable bonds is 4. The molecule has 108 valence electrons. The lowest BCUT2D eigenvalue weighted by Gasteiger charge is -2.14. The Hall–Kier alpha value is -2.38. The molecule has 1 atom stereocenters. The Bertz CT molecular complexity index is 666. The molecule has 0 bridgehead atoms. The molecule has 1 N–H and O–H groups in total. The molecule has 0 amide bonds. The van der Waals surface area contributed by atoms with Crippen LogP contribution in [-0.4, -0.2) is 12.0 Å². The Morgan fingerprint density at radius 1 is 1.24 bits per heavy atom. The summed E-state index contributed by atoms with van der Waals surface area (Å²) < 4.78 is 5.93.